The summed E-state index contributed by atoms with van der Waals surface area (Å²) in [5, 5.41) is 0.871. The third-order valence-electron chi connectivity index (χ3n) is 3.27. The largest absolute Gasteiger partial charge is 0.465 e. The summed E-state index contributed by atoms with van der Waals surface area (Å²) in [6, 6.07) is 10.7. The SMILES string of the molecule is COC(=O)c1c[nH]c(=O)cc1-c1ccnc2ccccc12. The minimum absolute atomic E-state index is 0.279. The number of para-hydroxylation sites is 1. The van der Waals surface area contributed by atoms with Crippen molar-refractivity contribution in [1.29, 1.82) is 0 Å². The highest BCUT2D eigenvalue weighted by molar-refractivity contribution is 6.02. The molecule has 1 N–H and O–H groups in total. The predicted molar refractivity (Wildman–Crippen MR) is 79.1 cm³/mol. The van der Waals surface area contributed by atoms with Crippen LogP contribution < -0.4 is 5.56 Å². The summed E-state index contributed by atoms with van der Waals surface area (Å²) in [7, 11) is 1.31. The number of benzene rings is 1. The van der Waals surface area contributed by atoms with Gasteiger partial charge in [-0.05, 0) is 17.7 Å². The number of nitrogens with zero attached hydrogens (tertiary/aromatic N) is 1. The van der Waals surface area contributed by atoms with E-state index in [1.165, 1.54) is 19.4 Å². The van der Waals surface area contributed by atoms with Crippen molar-refractivity contribution in [2.24, 2.45) is 0 Å². The van der Waals surface area contributed by atoms with Crippen LogP contribution in [0, 0.1) is 0 Å². The minimum atomic E-state index is -0.498. The Bertz CT molecular complexity index is 879. The van der Waals surface area contributed by atoms with E-state index in [9.17, 15) is 9.59 Å². The molecule has 5 nitrogen and oxygen atoms in total. The Morgan fingerprint density at radius 2 is 2.00 bits per heavy atom. The fraction of sp³-hybridized carbons (Fsp3) is 0.0625. The van der Waals surface area contributed by atoms with Gasteiger partial charge in [0.05, 0.1) is 18.2 Å². The second-order valence-electron chi connectivity index (χ2n) is 4.49. The van der Waals surface area contributed by atoms with E-state index in [0.29, 0.717) is 11.1 Å². The van der Waals surface area contributed by atoms with E-state index >= 15 is 0 Å². The maximum atomic E-state index is 11.9. The fourth-order valence-electron chi connectivity index (χ4n) is 2.30. The molecule has 3 aromatic rings. The first-order valence-electron chi connectivity index (χ1n) is 6.36. The van der Waals surface area contributed by atoms with Gasteiger partial charge in [-0.25, -0.2) is 4.79 Å². The van der Waals surface area contributed by atoms with Gasteiger partial charge in [-0.3, -0.25) is 9.78 Å². The molecule has 21 heavy (non-hydrogen) atoms. The van der Waals surface area contributed by atoms with Crippen molar-refractivity contribution < 1.29 is 9.53 Å². The molecule has 0 bridgehead atoms. The average Bonchev–Trinajstić information content (AvgIpc) is 2.53. The lowest BCUT2D eigenvalue weighted by Gasteiger charge is -2.09. The van der Waals surface area contributed by atoms with E-state index in [2.05, 4.69) is 9.97 Å². The van der Waals surface area contributed by atoms with Gasteiger partial charge in [-0.15, -0.1) is 0 Å². The number of aromatic nitrogens is 2. The molecule has 0 unspecified atom stereocenters. The van der Waals surface area contributed by atoms with Gasteiger partial charge >= 0.3 is 5.97 Å². The molecule has 104 valence electrons. The highest BCUT2D eigenvalue weighted by Crippen LogP contribution is 2.29. The maximum absolute atomic E-state index is 11.9. The minimum Gasteiger partial charge on any atom is -0.465 e. The monoisotopic (exact) mass is 280 g/mol. The van der Waals surface area contributed by atoms with E-state index in [1.54, 1.807) is 12.3 Å². The van der Waals surface area contributed by atoms with Crippen molar-refractivity contribution in [1.82, 2.24) is 9.97 Å². The zero-order valence-corrected chi connectivity index (χ0v) is 11.3. The molecule has 0 amide bonds. The van der Waals surface area contributed by atoms with Gasteiger partial charge in [0.25, 0.3) is 0 Å². The number of esters is 1. The highest BCUT2D eigenvalue weighted by atomic mass is 16.5. The van der Waals surface area contributed by atoms with Crippen molar-refractivity contribution in [2.75, 3.05) is 7.11 Å². The number of rotatable bonds is 2. The molecule has 0 saturated carbocycles. The quantitative estimate of drug-likeness (QED) is 0.731. The first-order chi connectivity index (χ1) is 10.2. The first-order valence-corrected chi connectivity index (χ1v) is 6.36. The molecular weight excluding hydrogens is 268 g/mol. The summed E-state index contributed by atoms with van der Waals surface area (Å²) in [5.74, 6) is -0.498. The van der Waals surface area contributed by atoms with Crippen LogP contribution in [0.5, 0.6) is 0 Å². The van der Waals surface area contributed by atoms with Gasteiger partial charge in [-0.2, -0.15) is 0 Å². The van der Waals surface area contributed by atoms with Crippen molar-refractivity contribution >= 4 is 16.9 Å². The molecule has 1 aromatic carbocycles. The molecule has 0 spiro atoms. The summed E-state index contributed by atoms with van der Waals surface area (Å²) in [4.78, 5) is 30.3. The van der Waals surface area contributed by atoms with Gasteiger partial charge in [0.15, 0.2) is 0 Å². The molecule has 0 aliphatic heterocycles. The van der Waals surface area contributed by atoms with E-state index in [0.717, 1.165) is 16.5 Å². The number of ether oxygens (including phenoxy) is 1. The van der Waals surface area contributed by atoms with Gasteiger partial charge in [0.2, 0.25) is 5.56 Å². The van der Waals surface area contributed by atoms with E-state index < -0.39 is 5.97 Å². The zero-order valence-electron chi connectivity index (χ0n) is 11.3. The van der Waals surface area contributed by atoms with Crippen LogP contribution in [0.4, 0.5) is 0 Å². The second-order valence-corrected chi connectivity index (χ2v) is 4.49. The number of pyridine rings is 2. The Balaban J connectivity index is 2.35. The van der Waals surface area contributed by atoms with Crippen molar-refractivity contribution in [2.45, 2.75) is 0 Å². The number of H-pyrrole nitrogens is 1. The zero-order chi connectivity index (χ0) is 14.8. The predicted octanol–water partition coefficient (Wildman–Crippen LogP) is 2.38. The summed E-state index contributed by atoms with van der Waals surface area (Å²) < 4.78 is 4.77. The van der Waals surface area contributed by atoms with E-state index in [-0.39, 0.29) is 5.56 Å². The van der Waals surface area contributed by atoms with Crippen LogP contribution in [0.25, 0.3) is 22.0 Å². The first kappa shape index (κ1) is 13.1. The third kappa shape index (κ3) is 2.29. The summed E-state index contributed by atoms with van der Waals surface area (Å²) in [5.41, 5.74) is 2.13. The Labute approximate surface area is 120 Å². The smallest absolute Gasteiger partial charge is 0.339 e. The number of methoxy groups -OCH3 is 1. The normalized spacial score (nSPS) is 10.5. The van der Waals surface area contributed by atoms with Crippen LogP contribution >= 0.6 is 0 Å². The number of aromatic amines is 1. The van der Waals surface area contributed by atoms with Crippen LogP contribution in [-0.4, -0.2) is 23.0 Å². The molecule has 0 fully saturated rings. The van der Waals surface area contributed by atoms with Crippen LogP contribution in [0.1, 0.15) is 10.4 Å². The molecule has 5 heteroatoms. The molecule has 0 atom stereocenters. The highest BCUT2D eigenvalue weighted by Gasteiger charge is 2.16. The Hall–Kier alpha value is -2.95. The molecule has 0 saturated heterocycles. The standard InChI is InChI=1S/C16H12N2O3/c1-21-16(20)13-9-18-15(19)8-12(13)10-6-7-17-14-5-3-2-4-11(10)14/h2-9H,1H3,(H,18,19). The summed E-state index contributed by atoms with van der Waals surface area (Å²) >= 11 is 0. The lowest BCUT2D eigenvalue weighted by atomic mass is 9.98. The Morgan fingerprint density at radius 3 is 2.81 bits per heavy atom. The van der Waals surface area contributed by atoms with Gasteiger partial charge in [-0.1, -0.05) is 18.2 Å². The average molecular weight is 280 g/mol. The molecule has 3 rings (SSSR count). The summed E-state index contributed by atoms with van der Waals surface area (Å²) in [6.07, 6.45) is 3.03. The Morgan fingerprint density at radius 1 is 1.19 bits per heavy atom. The fourth-order valence-corrected chi connectivity index (χ4v) is 2.30. The van der Waals surface area contributed by atoms with Crippen LogP contribution in [-0.2, 0) is 4.74 Å². The van der Waals surface area contributed by atoms with E-state index in [4.69, 9.17) is 4.74 Å². The lowest BCUT2D eigenvalue weighted by Crippen LogP contribution is -2.11. The number of fused-ring (bicyclic) bond motifs is 1. The van der Waals surface area contributed by atoms with Crippen molar-refractivity contribution in [3.63, 3.8) is 0 Å². The van der Waals surface area contributed by atoms with Crippen LogP contribution in [0.15, 0.2) is 53.6 Å². The Kier molecular flexibility index (Phi) is 3.23. The number of hydrogen-bond acceptors (Lipinski definition) is 4. The molecule has 0 radical (unpaired) electrons. The van der Waals surface area contributed by atoms with Gasteiger partial charge in [0.1, 0.15) is 0 Å². The third-order valence-corrected chi connectivity index (χ3v) is 3.27. The number of carbonyl (C=O) groups excluding carboxylic acids is 1. The van der Waals surface area contributed by atoms with Crippen LogP contribution in [0.3, 0.4) is 0 Å². The molecule has 0 aliphatic rings. The van der Waals surface area contributed by atoms with Crippen molar-refractivity contribution in [3.05, 3.63) is 64.7 Å². The lowest BCUT2D eigenvalue weighted by molar-refractivity contribution is 0.0601. The van der Waals surface area contributed by atoms with Gasteiger partial charge in [0, 0.05) is 29.4 Å². The van der Waals surface area contributed by atoms with E-state index in [1.807, 2.05) is 24.3 Å². The molecule has 2 heterocycles. The van der Waals surface area contributed by atoms with Gasteiger partial charge < -0.3 is 9.72 Å². The molecule has 0 aliphatic carbocycles. The maximum Gasteiger partial charge on any atom is 0.339 e. The number of nitrogens with one attached hydrogen (secondary N) is 1. The topological polar surface area (TPSA) is 72.1 Å². The number of carbonyl (C=O) groups is 1. The molecule has 2 aromatic heterocycles. The van der Waals surface area contributed by atoms with Crippen LogP contribution in [0.2, 0.25) is 0 Å². The summed E-state index contributed by atoms with van der Waals surface area (Å²) in [6.45, 7) is 0. The second kappa shape index (κ2) is 5.20. The number of hydrogen-bond donors (Lipinski definition) is 1. The molecular formula is C16H12N2O3. The van der Waals surface area contributed by atoms with Crippen molar-refractivity contribution in [3.8, 4) is 11.1 Å².